The molecule has 6 nitrogen and oxygen atoms in total. The highest BCUT2D eigenvalue weighted by molar-refractivity contribution is 5.97. The summed E-state index contributed by atoms with van der Waals surface area (Å²) in [5, 5.41) is 4.02. The molecule has 0 radical (unpaired) electrons. The van der Waals surface area contributed by atoms with Gasteiger partial charge in [0.05, 0.1) is 0 Å². The van der Waals surface area contributed by atoms with Crippen LogP contribution in [0.4, 0.5) is 0 Å². The van der Waals surface area contributed by atoms with Crippen LogP contribution >= 0.6 is 0 Å². The van der Waals surface area contributed by atoms with Gasteiger partial charge in [-0.2, -0.15) is 0 Å². The molecule has 1 fully saturated rings. The van der Waals surface area contributed by atoms with Crippen molar-refractivity contribution < 1.29 is 14.3 Å². The zero-order valence-electron chi connectivity index (χ0n) is 22.4. The zero-order chi connectivity index (χ0) is 27.0. The van der Waals surface area contributed by atoms with Gasteiger partial charge in [-0.05, 0) is 61.6 Å². The molecule has 4 aromatic rings. The first kappa shape index (κ1) is 26.3. The van der Waals surface area contributed by atoms with E-state index in [1.54, 1.807) is 6.08 Å². The Balaban J connectivity index is 1.36. The van der Waals surface area contributed by atoms with Crippen LogP contribution in [0.3, 0.4) is 0 Å². The lowest BCUT2D eigenvalue weighted by Crippen LogP contribution is -2.32. The molecule has 6 heteroatoms. The van der Waals surface area contributed by atoms with E-state index < -0.39 is 6.04 Å². The van der Waals surface area contributed by atoms with Crippen molar-refractivity contribution in [1.82, 2.24) is 14.8 Å². The number of fused-ring (bicyclic) bond motifs is 1. The highest BCUT2D eigenvalue weighted by Gasteiger charge is 2.20. The van der Waals surface area contributed by atoms with E-state index in [9.17, 15) is 9.59 Å². The fourth-order valence-electron chi connectivity index (χ4n) is 5.00. The summed E-state index contributed by atoms with van der Waals surface area (Å²) in [6, 6.07) is 25.7. The molecule has 0 bridgehead atoms. The third-order valence-corrected chi connectivity index (χ3v) is 7.26. The zero-order valence-corrected chi connectivity index (χ0v) is 22.4. The van der Waals surface area contributed by atoms with Gasteiger partial charge in [-0.25, -0.2) is 0 Å². The first-order chi connectivity index (χ1) is 19.1. The Bertz CT molecular complexity index is 1440. The molecule has 39 heavy (non-hydrogen) atoms. The van der Waals surface area contributed by atoms with Gasteiger partial charge in [0.25, 0.3) is 0 Å². The fraction of sp³-hybridized carbons (Fsp3) is 0.273. The molecule has 2 amide bonds. The van der Waals surface area contributed by atoms with Gasteiger partial charge in [0, 0.05) is 48.4 Å². The second-order valence-electron chi connectivity index (χ2n) is 10.0. The van der Waals surface area contributed by atoms with E-state index in [1.165, 1.54) is 5.56 Å². The second kappa shape index (κ2) is 12.5. The molecular weight excluding hydrogens is 486 g/mol. The summed E-state index contributed by atoms with van der Waals surface area (Å²) in [6.07, 6.45) is 8.35. The van der Waals surface area contributed by atoms with Crippen molar-refractivity contribution in [1.29, 1.82) is 0 Å². The molecule has 5 rings (SSSR count). The molecule has 200 valence electrons. The number of amides is 2. The van der Waals surface area contributed by atoms with E-state index in [1.807, 2.05) is 95.4 Å². The minimum atomic E-state index is -0.421. The van der Waals surface area contributed by atoms with E-state index in [2.05, 4.69) is 17.4 Å². The largest absolute Gasteiger partial charge is 0.489 e. The first-order valence-corrected chi connectivity index (χ1v) is 13.7. The van der Waals surface area contributed by atoms with Crippen LogP contribution in [0.2, 0.25) is 0 Å². The maximum absolute atomic E-state index is 13.1. The van der Waals surface area contributed by atoms with Crippen LogP contribution in [0.15, 0.2) is 91.1 Å². The quantitative estimate of drug-likeness (QED) is 0.269. The normalized spacial score (nSPS) is 14.1. The summed E-state index contributed by atoms with van der Waals surface area (Å²) in [5.41, 5.74) is 4.08. The van der Waals surface area contributed by atoms with Crippen molar-refractivity contribution in [2.24, 2.45) is 0 Å². The molecule has 1 aliphatic heterocycles. The number of carbonyl (C=O) groups excluding carboxylic acids is 2. The van der Waals surface area contributed by atoms with E-state index in [0.29, 0.717) is 13.2 Å². The van der Waals surface area contributed by atoms with Crippen molar-refractivity contribution in [3.8, 4) is 5.75 Å². The Hall–Kier alpha value is -4.32. The number of nitrogens with one attached hydrogen (secondary N) is 1. The lowest BCUT2D eigenvalue weighted by atomic mass is 10.1. The van der Waals surface area contributed by atoms with Gasteiger partial charge in [0.1, 0.15) is 18.4 Å². The molecule has 0 spiro atoms. The summed E-state index contributed by atoms with van der Waals surface area (Å²) in [5.74, 6) is 0.720. The van der Waals surface area contributed by atoms with E-state index in [0.717, 1.165) is 60.1 Å². The second-order valence-corrected chi connectivity index (χ2v) is 10.0. The molecule has 1 atom stereocenters. The van der Waals surface area contributed by atoms with Crippen LogP contribution < -0.4 is 10.1 Å². The first-order valence-electron chi connectivity index (χ1n) is 13.7. The van der Waals surface area contributed by atoms with Crippen LogP contribution in [0, 0.1) is 0 Å². The molecule has 2 heterocycles. The number of rotatable bonds is 10. The highest BCUT2D eigenvalue weighted by Crippen LogP contribution is 2.30. The standard InChI is InChI=1S/C33H35N3O3/c1-25(33(38)34-19-18-26-10-4-2-5-11-26)36-23-28(14-17-32(37)35-20-8-9-21-35)30-22-29(15-16-31(30)36)39-24-27-12-6-3-7-13-27/h2-7,10-17,22-23,25H,8-9,18-21,24H2,1H3,(H,34,38). The van der Waals surface area contributed by atoms with Gasteiger partial charge in [-0.3, -0.25) is 9.59 Å². The third kappa shape index (κ3) is 6.58. The summed E-state index contributed by atoms with van der Waals surface area (Å²) in [4.78, 5) is 27.7. The average molecular weight is 522 g/mol. The molecule has 3 aromatic carbocycles. The van der Waals surface area contributed by atoms with Crippen LogP contribution in [0.25, 0.3) is 17.0 Å². The van der Waals surface area contributed by atoms with Crippen molar-refractivity contribution in [3.05, 3.63) is 108 Å². The Labute approximate surface area is 229 Å². The molecule has 1 N–H and O–H groups in total. The molecular formula is C33H35N3O3. The number of ether oxygens (including phenoxy) is 1. The molecule has 1 saturated heterocycles. The van der Waals surface area contributed by atoms with Crippen molar-refractivity contribution in [2.45, 2.75) is 38.8 Å². The van der Waals surface area contributed by atoms with E-state index in [-0.39, 0.29) is 11.8 Å². The van der Waals surface area contributed by atoms with E-state index in [4.69, 9.17) is 4.74 Å². The van der Waals surface area contributed by atoms with Crippen molar-refractivity contribution >= 4 is 28.8 Å². The number of nitrogens with zero attached hydrogens (tertiary/aromatic N) is 2. The lowest BCUT2D eigenvalue weighted by molar-refractivity contribution is -0.125. The third-order valence-electron chi connectivity index (χ3n) is 7.26. The SMILES string of the molecule is CC(C(=O)NCCc1ccccc1)n1cc(C=CC(=O)N2CCCC2)c2cc(OCc3ccccc3)ccc21. The van der Waals surface area contributed by atoms with Crippen LogP contribution in [-0.4, -0.2) is 40.9 Å². The Morgan fingerprint density at radius 1 is 0.949 bits per heavy atom. The van der Waals surface area contributed by atoms with Gasteiger partial charge in [0.15, 0.2) is 0 Å². The predicted octanol–water partition coefficient (Wildman–Crippen LogP) is 5.78. The summed E-state index contributed by atoms with van der Waals surface area (Å²) in [6.45, 7) is 4.55. The number of aromatic nitrogens is 1. The molecule has 0 aliphatic carbocycles. The van der Waals surface area contributed by atoms with Gasteiger partial charge in [-0.1, -0.05) is 60.7 Å². The monoisotopic (exact) mass is 521 g/mol. The summed E-state index contributed by atoms with van der Waals surface area (Å²) in [7, 11) is 0. The topological polar surface area (TPSA) is 63.6 Å². The number of benzene rings is 3. The predicted molar refractivity (Wildman–Crippen MR) is 155 cm³/mol. The van der Waals surface area contributed by atoms with E-state index >= 15 is 0 Å². The van der Waals surface area contributed by atoms with Gasteiger partial charge in [0.2, 0.25) is 11.8 Å². The molecule has 1 unspecified atom stereocenters. The molecule has 1 aromatic heterocycles. The Morgan fingerprint density at radius 2 is 1.64 bits per heavy atom. The minimum absolute atomic E-state index is 0.0246. The summed E-state index contributed by atoms with van der Waals surface area (Å²) >= 11 is 0. The molecule has 0 saturated carbocycles. The van der Waals surface area contributed by atoms with Crippen molar-refractivity contribution in [2.75, 3.05) is 19.6 Å². The maximum atomic E-state index is 13.1. The van der Waals surface area contributed by atoms with Crippen LogP contribution in [-0.2, 0) is 22.6 Å². The van der Waals surface area contributed by atoms with Crippen molar-refractivity contribution in [3.63, 3.8) is 0 Å². The highest BCUT2D eigenvalue weighted by atomic mass is 16.5. The smallest absolute Gasteiger partial charge is 0.246 e. The Morgan fingerprint density at radius 3 is 2.36 bits per heavy atom. The Kier molecular flexibility index (Phi) is 8.42. The van der Waals surface area contributed by atoms with Gasteiger partial charge < -0.3 is 19.5 Å². The summed E-state index contributed by atoms with van der Waals surface area (Å²) < 4.78 is 8.07. The van der Waals surface area contributed by atoms with Gasteiger partial charge in [-0.15, -0.1) is 0 Å². The number of carbonyl (C=O) groups is 2. The number of hydrogen-bond acceptors (Lipinski definition) is 3. The minimum Gasteiger partial charge on any atom is -0.489 e. The number of hydrogen-bond donors (Lipinski definition) is 1. The number of likely N-dealkylation sites (tertiary alicyclic amines) is 1. The van der Waals surface area contributed by atoms with Crippen LogP contribution in [0.1, 0.15) is 42.5 Å². The average Bonchev–Trinajstić information content (AvgIpc) is 3.64. The fourth-order valence-corrected chi connectivity index (χ4v) is 5.00. The lowest BCUT2D eigenvalue weighted by Gasteiger charge is -2.16. The van der Waals surface area contributed by atoms with Gasteiger partial charge >= 0.3 is 0 Å². The maximum Gasteiger partial charge on any atom is 0.246 e. The molecule has 1 aliphatic rings. The van der Waals surface area contributed by atoms with Crippen LogP contribution in [0.5, 0.6) is 5.75 Å².